The van der Waals surface area contributed by atoms with E-state index in [0.29, 0.717) is 66.7 Å². The molecule has 1 atom stereocenters. The highest BCUT2D eigenvalue weighted by Gasteiger charge is 2.37. The first-order valence-corrected chi connectivity index (χ1v) is 13.5. The molecule has 42 heavy (non-hydrogen) atoms. The molecule has 0 radical (unpaired) electrons. The van der Waals surface area contributed by atoms with Crippen LogP contribution in [0.5, 0.6) is 5.75 Å². The van der Waals surface area contributed by atoms with Crippen molar-refractivity contribution in [1.82, 2.24) is 9.88 Å². The number of benzene rings is 2. The number of alkyl halides is 7. The molecular formula is C30H28ClF7N2O2. The fraction of sp³-hybridized carbons (Fsp3) is 0.433. The summed E-state index contributed by atoms with van der Waals surface area (Å²) >= 11 is 6.33. The number of pyridine rings is 1. The number of nitrogens with zero attached hydrogens (tertiary/aromatic N) is 2. The van der Waals surface area contributed by atoms with Gasteiger partial charge in [0.15, 0.2) is 0 Å². The van der Waals surface area contributed by atoms with E-state index >= 15 is 4.39 Å². The van der Waals surface area contributed by atoms with E-state index in [1.54, 1.807) is 18.2 Å². The minimum absolute atomic E-state index is 0.0637. The van der Waals surface area contributed by atoms with Crippen molar-refractivity contribution < 1.29 is 40.6 Å². The smallest absolute Gasteiger partial charge is 0.416 e. The van der Waals surface area contributed by atoms with E-state index in [0.717, 1.165) is 0 Å². The summed E-state index contributed by atoms with van der Waals surface area (Å²) in [6.07, 6.45) is -8.40. The van der Waals surface area contributed by atoms with Crippen molar-refractivity contribution in [3.05, 3.63) is 69.9 Å². The summed E-state index contributed by atoms with van der Waals surface area (Å²) in [6.45, 7) is 0.894. The Hall–Kier alpha value is -3.07. The molecule has 1 N–H and O–H groups in total. The Morgan fingerprint density at radius 2 is 1.69 bits per heavy atom. The standard InChI is InChI=1S/C30H28ClF7N2O2/c1-42-22-4-5-26-23(16-22)27(24(31)17-39-26)25(32)6-7-28(18-41)8-11-40(12-9-28)10-2-3-19-13-20(29(33,34)35)15-21(14-19)30(36,37)38/h4-5,13-17,25,41H,6-12,18H2,1H3/t25-/m0/s1. The third-order valence-electron chi connectivity index (χ3n) is 7.68. The van der Waals surface area contributed by atoms with Gasteiger partial charge in [-0.1, -0.05) is 23.4 Å². The Labute approximate surface area is 243 Å². The molecule has 0 saturated carbocycles. The minimum atomic E-state index is -4.94. The van der Waals surface area contributed by atoms with Crippen LogP contribution in [-0.2, 0) is 12.4 Å². The van der Waals surface area contributed by atoms with Gasteiger partial charge in [-0.2, -0.15) is 26.3 Å². The van der Waals surface area contributed by atoms with Crippen LogP contribution in [0.1, 0.15) is 54.1 Å². The van der Waals surface area contributed by atoms with Gasteiger partial charge in [0.2, 0.25) is 0 Å². The van der Waals surface area contributed by atoms with Gasteiger partial charge in [0.1, 0.15) is 11.9 Å². The first kappa shape index (κ1) is 31.9. The molecule has 2 aromatic carbocycles. The average Bonchev–Trinajstić information content (AvgIpc) is 2.95. The third-order valence-corrected chi connectivity index (χ3v) is 7.99. The molecule has 1 fully saturated rings. The molecule has 0 bridgehead atoms. The number of likely N-dealkylation sites (tertiary alicyclic amines) is 1. The van der Waals surface area contributed by atoms with Crippen LogP contribution in [0.2, 0.25) is 5.02 Å². The zero-order valence-corrected chi connectivity index (χ0v) is 23.3. The number of aliphatic hydroxyl groups is 1. The van der Waals surface area contributed by atoms with E-state index in [9.17, 15) is 31.4 Å². The molecule has 1 aromatic heterocycles. The van der Waals surface area contributed by atoms with Crippen LogP contribution in [0.4, 0.5) is 30.7 Å². The minimum Gasteiger partial charge on any atom is -0.497 e. The molecule has 0 unspecified atom stereocenters. The van der Waals surface area contributed by atoms with Gasteiger partial charge in [-0.3, -0.25) is 9.88 Å². The number of methoxy groups -OCH3 is 1. The zero-order valence-electron chi connectivity index (χ0n) is 22.5. The molecule has 226 valence electrons. The Morgan fingerprint density at radius 1 is 1.05 bits per heavy atom. The number of halogens is 8. The summed E-state index contributed by atoms with van der Waals surface area (Å²) in [5, 5.41) is 10.9. The number of ether oxygens (including phenoxy) is 1. The van der Waals surface area contributed by atoms with Gasteiger partial charge in [-0.15, -0.1) is 0 Å². The van der Waals surface area contributed by atoms with Crippen LogP contribution in [0.25, 0.3) is 10.9 Å². The van der Waals surface area contributed by atoms with Crippen LogP contribution < -0.4 is 4.74 Å². The SMILES string of the molecule is COc1ccc2ncc(Cl)c([C@@H](F)CCC3(CO)CCN(CC#Cc4cc(C(F)(F)F)cc(C(F)(F)F)c4)CC3)c2c1. The summed E-state index contributed by atoms with van der Waals surface area (Å²) in [4.78, 5) is 6.14. The Bertz CT molecular complexity index is 1440. The molecule has 1 saturated heterocycles. The molecule has 0 aliphatic carbocycles. The van der Waals surface area contributed by atoms with Crippen LogP contribution in [0.3, 0.4) is 0 Å². The zero-order chi connectivity index (χ0) is 30.7. The van der Waals surface area contributed by atoms with Gasteiger partial charge in [-0.05, 0) is 80.6 Å². The molecule has 3 aromatic rings. The summed E-state index contributed by atoms with van der Waals surface area (Å²) in [7, 11) is 1.50. The lowest BCUT2D eigenvalue weighted by Crippen LogP contribution is -2.42. The predicted octanol–water partition coefficient (Wildman–Crippen LogP) is 7.85. The Kier molecular flexibility index (Phi) is 9.60. The van der Waals surface area contributed by atoms with Crippen molar-refractivity contribution in [1.29, 1.82) is 0 Å². The molecule has 1 aliphatic rings. The maximum absolute atomic E-state index is 15.6. The van der Waals surface area contributed by atoms with Crippen LogP contribution in [0.15, 0.2) is 42.6 Å². The largest absolute Gasteiger partial charge is 0.497 e. The quantitative estimate of drug-likeness (QED) is 0.217. The van der Waals surface area contributed by atoms with Crippen LogP contribution in [-0.4, -0.2) is 48.3 Å². The first-order chi connectivity index (χ1) is 19.7. The van der Waals surface area contributed by atoms with E-state index in [1.165, 1.54) is 13.3 Å². The van der Waals surface area contributed by atoms with Crippen molar-refractivity contribution >= 4 is 22.5 Å². The third kappa shape index (κ3) is 7.46. The molecule has 1 aliphatic heterocycles. The Balaban J connectivity index is 1.40. The number of aromatic nitrogens is 1. The summed E-state index contributed by atoms with van der Waals surface area (Å²) in [5.41, 5.74) is -2.89. The van der Waals surface area contributed by atoms with Crippen molar-refractivity contribution in [2.24, 2.45) is 5.41 Å². The number of fused-ring (bicyclic) bond motifs is 1. The van der Waals surface area contributed by atoms with Gasteiger partial charge in [0.05, 0.1) is 35.3 Å². The number of piperidine rings is 1. The highest BCUT2D eigenvalue weighted by atomic mass is 35.5. The molecule has 12 heteroatoms. The second kappa shape index (κ2) is 12.7. The predicted molar refractivity (Wildman–Crippen MR) is 145 cm³/mol. The highest BCUT2D eigenvalue weighted by molar-refractivity contribution is 6.32. The fourth-order valence-corrected chi connectivity index (χ4v) is 5.41. The first-order valence-electron chi connectivity index (χ1n) is 13.1. The van der Waals surface area contributed by atoms with E-state index in [4.69, 9.17) is 16.3 Å². The molecule has 4 nitrogen and oxygen atoms in total. The van der Waals surface area contributed by atoms with Crippen LogP contribution >= 0.6 is 11.6 Å². The molecule has 2 heterocycles. The molecule has 0 amide bonds. The second-order valence-electron chi connectivity index (χ2n) is 10.4. The summed E-state index contributed by atoms with van der Waals surface area (Å²) in [5.74, 6) is 5.63. The summed E-state index contributed by atoms with van der Waals surface area (Å²) in [6, 6.07) is 6.37. The number of hydrogen-bond acceptors (Lipinski definition) is 4. The monoisotopic (exact) mass is 616 g/mol. The van der Waals surface area contributed by atoms with Gasteiger partial charge in [-0.25, -0.2) is 4.39 Å². The maximum atomic E-state index is 15.6. The van der Waals surface area contributed by atoms with E-state index in [2.05, 4.69) is 16.8 Å². The Morgan fingerprint density at radius 3 is 2.26 bits per heavy atom. The molecule has 4 rings (SSSR count). The second-order valence-corrected chi connectivity index (χ2v) is 10.8. The lowest BCUT2D eigenvalue weighted by molar-refractivity contribution is -0.143. The van der Waals surface area contributed by atoms with Gasteiger partial charge < -0.3 is 9.84 Å². The highest BCUT2D eigenvalue weighted by Crippen LogP contribution is 2.42. The van der Waals surface area contributed by atoms with Gasteiger partial charge in [0.25, 0.3) is 0 Å². The fourth-order valence-electron chi connectivity index (χ4n) is 5.14. The van der Waals surface area contributed by atoms with E-state index in [1.807, 2.05) is 4.90 Å². The summed E-state index contributed by atoms with van der Waals surface area (Å²) < 4.78 is 99.5. The maximum Gasteiger partial charge on any atom is 0.416 e. The van der Waals surface area contributed by atoms with Gasteiger partial charge in [0, 0.05) is 29.3 Å². The van der Waals surface area contributed by atoms with E-state index in [-0.39, 0.29) is 36.2 Å². The van der Waals surface area contributed by atoms with Gasteiger partial charge >= 0.3 is 12.4 Å². The van der Waals surface area contributed by atoms with Crippen molar-refractivity contribution in [3.8, 4) is 17.6 Å². The number of hydrogen-bond donors (Lipinski definition) is 1. The lowest BCUT2D eigenvalue weighted by atomic mass is 9.74. The van der Waals surface area contributed by atoms with Crippen molar-refractivity contribution in [2.75, 3.05) is 33.4 Å². The molecular weight excluding hydrogens is 589 g/mol. The number of rotatable bonds is 7. The normalized spacial score (nSPS) is 16.6. The van der Waals surface area contributed by atoms with Crippen molar-refractivity contribution in [3.63, 3.8) is 0 Å². The average molecular weight is 617 g/mol. The van der Waals surface area contributed by atoms with Crippen molar-refractivity contribution in [2.45, 2.75) is 44.2 Å². The lowest BCUT2D eigenvalue weighted by Gasteiger charge is -2.40. The van der Waals surface area contributed by atoms with E-state index < -0.39 is 35.1 Å². The van der Waals surface area contributed by atoms with Crippen LogP contribution in [0, 0.1) is 17.3 Å². The molecule has 0 spiro atoms. The topological polar surface area (TPSA) is 45.6 Å². The number of aliphatic hydroxyl groups excluding tert-OH is 1.